The number of hydrogen-bond donors (Lipinski definition) is 3. The van der Waals surface area contributed by atoms with Crippen LogP contribution in [0.5, 0.6) is 5.75 Å². The molecule has 2 aromatic rings. The van der Waals surface area contributed by atoms with Gasteiger partial charge in [0.05, 0.1) is 24.4 Å². The number of amides is 2. The van der Waals surface area contributed by atoms with Crippen LogP contribution in [0.3, 0.4) is 0 Å². The smallest absolute Gasteiger partial charge is 0.229 e. The Bertz CT molecular complexity index is 747. The van der Waals surface area contributed by atoms with Crippen molar-refractivity contribution in [1.82, 2.24) is 0 Å². The first kappa shape index (κ1) is 18.5. The Morgan fingerprint density at radius 2 is 1.72 bits per heavy atom. The molecule has 2 aromatic carbocycles. The van der Waals surface area contributed by atoms with Gasteiger partial charge in [0, 0.05) is 19.0 Å². The summed E-state index contributed by atoms with van der Waals surface area (Å²) in [7, 11) is 1.53. The van der Waals surface area contributed by atoms with Gasteiger partial charge in [-0.3, -0.25) is 9.59 Å². The fourth-order valence-electron chi connectivity index (χ4n) is 2.43. The van der Waals surface area contributed by atoms with Crippen molar-refractivity contribution >= 4 is 23.2 Å². The number of carbonyl (C=O) groups is 2. The molecule has 0 fully saturated rings. The highest BCUT2D eigenvalue weighted by molar-refractivity contribution is 6.00. The van der Waals surface area contributed by atoms with E-state index in [1.54, 1.807) is 25.1 Å². The van der Waals surface area contributed by atoms with E-state index in [0.717, 1.165) is 5.56 Å². The van der Waals surface area contributed by atoms with Crippen molar-refractivity contribution in [2.75, 3.05) is 17.7 Å². The average molecular weight is 341 g/mol. The molecule has 2 unspecified atom stereocenters. The molecule has 2 atom stereocenters. The second-order valence-corrected chi connectivity index (χ2v) is 5.81. The van der Waals surface area contributed by atoms with Gasteiger partial charge in [0.1, 0.15) is 5.75 Å². The topological polar surface area (TPSA) is 93.5 Å². The number of ether oxygens (including phenoxy) is 1. The van der Waals surface area contributed by atoms with Gasteiger partial charge >= 0.3 is 0 Å². The first-order valence-electron chi connectivity index (χ1n) is 7.99. The molecule has 2 rings (SSSR count). The zero-order valence-corrected chi connectivity index (χ0v) is 14.6. The lowest BCUT2D eigenvalue weighted by atomic mass is 9.94. The van der Waals surface area contributed by atoms with Gasteiger partial charge in [0.25, 0.3) is 0 Å². The largest absolute Gasteiger partial charge is 0.497 e. The van der Waals surface area contributed by atoms with Gasteiger partial charge in [-0.05, 0) is 17.7 Å². The summed E-state index contributed by atoms with van der Waals surface area (Å²) < 4.78 is 5.18. The Hall–Kier alpha value is -2.86. The normalized spacial score (nSPS) is 12.8. The molecule has 0 radical (unpaired) electrons. The summed E-state index contributed by atoms with van der Waals surface area (Å²) in [4.78, 5) is 24.0. The highest BCUT2D eigenvalue weighted by atomic mass is 16.5. The maximum Gasteiger partial charge on any atom is 0.229 e. The minimum atomic E-state index is -0.459. The standard InChI is InChI=1S/C19H23N3O3/c1-12(18(20)14-7-5-4-6-8-14)19(24)22-17-11-15(25-3)9-10-16(17)21-13(2)23/h4-12,18H,20H2,1-3H3,(H,21,23)(H,22,24). The maximum atomic E-state index is 12.6. The Kier molecular flexibility index (Phi) is 6.14. The number of carbonyl (C=O) groups excluding carboxylic acids is 2. The molecular weight excluding hydrogens is 318 g/mol. The molecule has 0 aliphatic carbocycles. The third-order valence-corrected chi connectivity index (χ3v) is 3.93. The molecule has 0 aromatic heterocycles. The van der Waals surface area contributed by atoms with Crippen LogP contribution in [0, 0.1) is 5.92 Å². The van der Waals surface area contributed by atoms with Crippen molar-refractivity contribution in [1.29, 1.82) is 0 Å². The van der Waals surface area contributed by atoms with E-state index < -0.39 is 12.0 Å². The summed E-state index contributed by atoms with van der Waals surface area (Å²) >= 11 is 0. The molecule has 132 valence electrons. The van der Waals surface area contributed by atoms with E-state index in [2.05, 4.69) is 10.6 Å². The van der Waals surface area contributed by atoms with E-state index >= 15 is 0 Å². The minimum Gasteiger partial charge on any atom is -0.497 e. The van der Waals surface area contributed by atoms with Crippen LogP contribution < -0.4 is 21.1 Å². The lowest BCUT2D eigenvalue weighted by molar-refractivity contribution is -0.120. The van der Waals surface area contributed by atoms with Gasteiger partial charge in [0.15, 0.2) is 0 Å². The van der Waals surface area contributed by atoms with Gasteiger partial charge < -0.3 is 21.1 Å². The molecule has 0 saturated carbocycles. The van der Waals surface area contributed by atoms with E-state index in [-0.39, 0.29) is 11.8 Å². The molecule has 0 spiro atoms. The van der Waals surface area contributed by atoms with Gasteiger partial charge in [-0.25, -0.2) is 0 Å². The van der Waals surface area contributed by atoms with Crippen molar-refractivity contribution in [2.45, 2.75) is 19.9 Å². The van der Waals surface area contributed by atoms with Crippen molar-refractivity contribution < 1.29 is 14.3 Å². The van der Waals surface area contributed by atoms with Crippen LogP contribution in [0.4, 0.5) is 11.4 Å². The highest BCUT2D eigenvalue weighted by Gasteiger charge is 2.23. The molecule has 2 amide bonds. The Morgan fingerprint density at radius 3 is 2.32 bits per heavy atom. The van der Waals surface area contributed by atoms with Gasteiger partial charge in [-0.2, -0.15) is 0 Å². The van der Waals surface area contributed by atoms with Gasteiger partial charge in [-0.15, -0.1) is 0 Å². The number of nitrogens with one attached hydrogen (secondary N) is 2. The lowest BCUT2D eigenvalue weighted by Crippen LogP contribution is -2.30. The van der Waals surface area contributed by atoms with Gasteiger partial charge in [0.2, 0.25) is 11.8 Å². The SMILES string of the molecule is COc1ccc(NC(C)=O)c(NC(=O)C(C)C(N)c2ccccc2)c1. The maximum absolute atomic E-state index is 12.6. The lowest BCUT2D eigenvalue weighted by Gasteiger charge is -2.21. The molecule has 0 saturated heterocycles. The Morgan fingerprint density at radius 1 is 1.04 bits per heavy atom. The van der Waals surface area contributed by atoms with Crippen LogP contribution >= 0.6 is 0 Å². The van der Waals surface area contributed by atoms with Gasteiger partial charge in [-0.1, -0.05) is 37.3 Å². The molecule has 6 heteroatoms. The molecule has 4 N–H and O–H groups in total. The molecule has 6 nitrogen and oxygen atoms in total. The summed E-state index contributed by atoms with van der Waals surface area (Å²) in [5, 5.41) is 5.52. The zero-order chi connectivity index (χ0) is 18.4. The summed E-state index contributed by atoms with van der Waals surface area (Å²) in [6, 6.07) is 14.1. The first-order valence-corrected chi connectivity index (χ1v) is 7.99. The fraction of sp³-hybridized carbons (Fsp3) is 0.263. The Balaban J connectivity index is 2.19. The molecular formula is C19H23N3O3. The fourth-order valence-corrected chi connectivity index (χ4v) is 2.43. The van der Waals surface area contributed by atoms with Crippen molar-refractivity contribution in [3.05, 3.63) is 54.1 Å². The van der Waals surface area contributed by atoms with E-state index in [0.29, 0.717) is 17.1 Å². The quantitative estimate of drug-likeness (QED) is 0.753. The van der Waals surface area contributed by atoms with Crippen molar-refractivity contribution in [3.8, 4) is 5.75 Å². The third kappa shape index (κ3) is 4.81. The van der Waals surface area contributed by atoms with E-state index in [1.807, 2.05) is 30.3 Å². The number of anilines is 2. The monoisotopic (exact) mass is 341 g/mol. The Labute approximate surface area is 147 Å². The minimum absolute atomic E-state index is 0.227. The van der Waals surface area contributed by atoms with E-state index in [9.17, 15) is 9.59 Å². The third-order valence-electron chi connectivity index (χ3n) is 3.93. The molecule has 0 bridgehead atoms. The number of rotatable bonds is 6. The number of methoxy groups -OCH3 is 1. The van der Waals surface area contributed by atoms with E-state index in [4.69, 9.17) is 10.5 Å². The summed E-state index contributed by atoms with van der Waals surface area (Å²) in [5.74, 6) is -0.353. The number of hydrogen-bond acceptors (Lipinski definition) is 4. The zero-order valence-electron chi connectivity index (χ0n) is 14.6. The van der Waals surface area contributed by atoms with Crippen LogP contribution in [0.15, 0.2) is 48.5 Å². The summed E-state index contributed by atoms with van der Waals surface area (Å²) in [6.45, 7) is 3.18. The average Bonchev–Trinajstić information content (AvgIpc) is 2.62. The second-order valence-electron chi connectivity index (χ2n) is 5.81. The highest BCUT2D eigenvalue weighted by Crippen LogP contribution is 2.29. The van der Waals surface area contributed by atoms with Crippen LogP contribution in [-0.2, 0) is 9.59 Å². The molecule has 0 aliphatic rings. The predicted molar refractivity (Wildman–Crippen MR) is 98.5 cm³/mol. The van der Waals surface area contributed by atoms with E-state index in [1.165, 1.54) is 14.0 Å². The van der Waals surface area contributed by atoms with Crippen LogP contribution in [0.25, 0.3) is 0 Å². The molecule has 25 heavy (non-hydrogen) atoms. The summed E-state index contributed by atoms with van der Waals surface area (Å²) in [6.07, 6.45) is 0. The second kappa shape index (κ2) is 8.30. The molecule has 0 heterocycles. The summed E-state index contributed by atoms with van der Waals surface area (Å²) in [5.41, 5.74) is 8.07. The van der Waals surface area contributed by atoms with Crippen molar-refractivity contribution in [2.24, 2.45) is 11.7 Å². The van der Waals surface area contributed by atoms with Crippen LogP contribution in [0.1, 0.15) is 25.5 Å². The number of benzene rings is 2. The predicted octanol–water partition coefficient (Wildman–Crippen LogP) is 2.93. The van der Waals surface area contributed by atoms with Crippen molar-refractivity contribution in [3.63, 3.8) is 0 Å². The van der Waals surface area contributed by atoms with Crippen LogP contribution in [0.2, 0.25) is 0 Å². The first-order chi connectivity index (χ1) is 11.9. The number of nitrogens with two attached hydrogens (primary N) is 1. The van der Waals surface area contributed by atoms with Crippen LogP contribution in [-0.4, -0.2) is 18.9 Å². The molecule has 0 aliphatic heterocycles.